The van der Waals surface area contributed by atoms with E-state index < -0.39 is 0 Å². The molecule has 0 radical (unpaired) electrons. The fraction of sp³-hybridized carbons (Fsp3) is 0.350. The minimum atomic E-state index is -0.178. The fourth-order valence-corrected chi connectivity index (χ4v) is 3.94. The summed E-state index contributed by atoms with van der Waals surface area (Å²) < 4.78 is 3.36. The van der Waals surface area contributed by atoms with E-state index in [9.17, 15) is 9.90 Å². The van der Waals surface area contributed by atoms with Gasteiger partial charge in [0, 0.05) is 18.8 Å². The van der Waals surface area contributed by atoms with E-state index >= 15 is 0 Å². The van der Waals surface area contributed by atoms with Crippen molar-refractivity contribution in [2.24, 2.45) is 7.05 Å². The SMILES string of the molecule is Cn1c(=O)[nH]c2cc(Nc3nc4cccc(NC5CCC(O)CC5)n4n3)ccc21. The number of fused-ring (bicyclic) bond motifs is 2. The summed E-state index contributed by atoms with van der Waals surface area (Å²) in [7, 11) is 1.74. The molecule has 9 nitrogen and oxygen atoms in total. The molecule has 0 bridgehead atoms. The molecule has 1 fully saturated rings. The van der Waals surface area contributed by atoms with Crippen LogP contribution in [-0.4, -0.2) is 41.4 Å². The topological polar surface area (TPSA) is 112 Å². The number of nitrogens with one attached hydrogen (secondary N) is 3. The molecule has 3 aromatic heterocycles. The van der Waals surface area contributed by atoms with Gasteiger partial charge in [-0.05, 0) is 56.0 Å². The highest BCUT2D eigenvalue weighted by Crippen LogP contribution is 2.24. The van der Waals surface area contributed by atoms with Crippen molar-refractivity contribution in [3.05, 3.63) is 46.9 Å². The van der Waals surface area contributed by atoms with E-state index in [-0.39, 0.29) is 11.8 Å². The van der Waals surface area contributed by atoms with Crippen molar-refractivity contribution < 1.29 is 5.11 Å². The van der Waals surface area contributed by atoms with Gasteiger partial charge in [-0.25, -0.2) is 4.79 Å². The molecule has 4 aromatic rings. The zero-order chi connectivity index (χ0) is 20.0. The molecule has 4 N–H and O–H groups in total. The van der Waals surface area contributed by atoms with Gasteiger partial charge in [-0.15, -0.1) is 5.10 Å². The van der Waals surface area contributed by atoms with Crippen molar-refractivity contribution in [1.29, 1.82) is 0 Å². The molecule has 3 heterocycles. The van der Waals surface area contributed by atoms with Crippen LogP contribution in [0.3, 0.4) is 0 Å². The normalized spacial score (nSPS) is 19.7. The van der Waals surface area contributed by atoms with Crippen LogP contribution < -0.4 is 16.3 Å². The Morgan fingerprint density at radius 1 is 1.17 bits per heavy atom. The first-order valence-electron chi connectivity index (χ1n) is 9.83. The first-order chi connectivity index (χ1) is 14.1. The third-order valence-corrected chi connectivity index (χ3v) is 5.57. The van der Waals surface area contributed by atoms with Gasteiger partial charge < -0.3 is 20.7 Å². The van der Waals surface area contributed by atoms with Crippen molar-refractivity contribution >= 4 is 34.1 Å². The van der Waals surface area contributed by atoms with Gasteiger partial charge in [0.05, 0.1) is 17.1 Å². The predicted octanol–water partition coefficient (Wildman–Crippen LogP) is 2.37. The van der Waals surface area contributed by atoms with E-state index in [1.165, 1.54) is 0 Å². The van der Waals surface area contributed by atoms with Crippen LogP contribution in [0.2, 0.25) is 0 Å². The summed E-state index contributed by atoms with van der Waals surface area (Å²) in [6.07, 6.45) is 3.34. The van der Waals surface area contributed by atoms with Crippen LogP contribution in [0, 0.1) is 0 Å². The number of pyridine rings is 1. The summed E-state index contributed by atoms with van der Waals surface area (Å²) in [6, 6.07) is 11.8. The van der Waals surface area contributed by atoms with Crippen LogP contribution in [0.5, 0.6) is 0 Å². The molecule has 1 aromatic carbocycles. The second-order valence-corrected chi connectivity index (χ2v) is 7.61. The molecule has 1 aliphatic rings. The van der Waals surface area contributed by atoms with Crippen molar-refractivity contribution in [1.82, 2.24) is 24.1 Å². The third kappa shape index (κ3) is 3.33. The number of aliphatic hydroxyl groups is 1. The molecule has 0 spiro atoms. The van der Waals surface area contributed by atoms with Gasteiger partial charge in [0.15, 0.2) is 5.65 Å². The minimum absolute atomic E-state index is 0.144. The summed E-state index contributed by atoms with van der Waals surface area (Å²) in [6.45, 7) is 0. The average Bonchev–Trinajstić information content (AvgIpc) is 3.24. The van der Waals surface area contributed by atoms with Crippen molar-refractivity contribution in [3.8, 4) is 0 Å². The second-order valence-electron chi connectivity index (χ2n) is 7.61. The number of nitrogens with zero attached hydrogens (tertiary/aromatic N) is 4. The minimum Gasteiger partial charge on any atom is -0.393 e. The van der Waals surface area contributed by atoms with E-state index in [0.717, 1.165) is 53.9 Å². The average molecular weight is 393 g/mol. The number of hydrogen-bond acceptors (Lipinski definition) is 6. The monoisotopic (exact) mass is 393 g/mol. The van der Waals surface area contributed by atoms with Crippen LogP contribution in [0.1, 0.15) is 25.7 Å². The standard InChI is InChI=1S/C20H23N7O2/c1-26-16-10-7-13(11-15(16)23-20(26)29)22-19-24-18-4-2-3-17(27(18)25-19)21-12-5-8-14(28)9-6-12/h2-4,7,10-12,14,21,28H,5-6,8-9H2,1H3,(H,22,25)(H,23,29). The van der Waals surface area contributed by atoms with Crippen molar-refractivity contribution in [2.75, 3.05) is 10.6 Å². The number of aryl methyl sites for hydroxylation is 1. The lowest BCUT2D eigenvalue weighted by Gasteiger charge is -2.26. The Hall–Kier alpha value is -3.33. The summed E-state index contributed by atoms with van der Waals surface area (Å²) >= 11 is 0. The molecule has 5 rings (SSSR count). The molecule has 1 saturated carbocycles. The first kappa shape index (κ1) is 17.7. The first-order valence-corrected chi connectivity index (χ1v) is 9.83. The number of hydrogen-bond donors (Lipinski definition) is 4. The summed E-state index contributed by atoms with van der Waals surface area (Å²) in [5.41, 5.74) is 2.99. The van der Waals surface area contributed by atoms with E-state index in [1.54, 1.807) is 16.1 Å². The third-order valence-electron chi connectivity index (χ3n) is 5.57. The highest BCUT2D eigenvalue weighted by Gasteiger charge is 2.20. The van der Waals surface area contributed by atoms with Gasteiger partial charge in [0.1, 0.15) is 5.82 Å². The number of imidazole rings is 1. The smallest absolute Gasteiger partial charge is 0.326 e. The van der Waals surface area contributed by atoms with Gasteiger partial charge in [0.2, 0.25) is 5.95 Å². The van der Waals surface area contributed by atoms with Crippen LogP contribution in [0.15, 0.2) is 41.2 Å². The highest BCUT2D eigenvalue weighted by atomic mass is 16.3. The zero-order valence-electron chi connectivity index (χ0n) is 16.1. The van der Waals surface area contributed by atoms with Crippen LogP contribution >= 0.6 is 0 Å². The number of aromatic amines is 1. The van der Waals surface area contributed by atoms with Crippen LogP contribution in [0.4, 0.5) is 17.5 Å². The maximum atomic E-state index is 11.8. The Bertz CT molecular complexity index is 1230. The Morgan fingerprint density at radius 3 is 2.83 bits per heavy atom. The number of benzene rings is 1. The zero-order valence-corrected chi connectivity index (χ0v) is 16.1. The van der Waals surface area contributed by atoms with Crippen molar-refractivity contribution in [2.45, 2.75) is 37.8 Å². The Kier molecular flexibility index (Phi) is 4.24. The number of anilines is 3. The Balaban J connectivity index is 1.40. The number of aromatic nitrogens is 5. The van der Waals surface area contributed by atoms with Gasteiger partial charge in [-0.1, -0.05) is 6.07 Å². The predicted molar refractivity (Wildman–Crippen MR) is 112 cm³/mol. The molecular weight excluding hydrogens is 370 g/mol. The summed E-state index contributed by atoms with van der Waals surface area (Å²) in [4.78, 5) is 19.2. The van der Waals surface area contributed by atoms with E-state index in [4.69, 9.17) is 0 Å². The lowest BCUT2D eigenvalue weighted by molar-refractivity contribution is 0.126. The summed E-state index contributed by atoms with van der Waals surface area (Å²) in [5.74, 6) is 1.36. The second kappa shape index (κ2) is 6.93. The van der Waals surface area contributed by atoms with Crippen molar-refractivity contribution in [3.63, 3.8) is 0 Å². The number of rotatable bonds is 4. The Morgan fingerprint density at radius 2 is 2.00 bits per heavy atom. The van der Waals surface area contributed by atoms with Gasteiger partial charge in [0.25, 0.3) is 0 Å². The quantitative estimate of drug-likeness (QED) is 0.423. The summed E-state index contributed by atoms with van der Waals surface area (Å²) in [5, 5.41) is 21.1. The van der Waals surface area contributed by atoms with Gasteiger partial charge in [-0.3, -0.25) is 4.57 Å². The maximum Gasteiger partial charge on any atom is 0.326 e. The molecule has 0 amide bonds. The van der Waals surface area contributed by atoms with E-state index in [2.05, 4.69) is 25.7 Å². The van der Waals surface area contributed by atoms with E-state index in [1.807, 2.05) is 36.4 Å². The maximum absolute atomic E-state index is 11.8. The molecule has 0 unspecified atom stereocenters. The van der Waals surface area contributed by atoms with Gasteiger partial charge in [-0.2, -0.15) is 9.50 Å². The molecule has 0 saturated heterocycles. The molecule has 1 aliphatic carbocycles. The highest BCUT2D eigenvalue weighted by molar-refractivity contribution is 5.80. The number of H-pyrrole nitrogens is 1. The molecule has 150 valence electrons. The number of aliphatic hydroxyl groups excluding tert-OH is 1. The largest absolute Gasteiger partial charge is 0.393 e. The lowest BCUT2D eigenvalue weighted by atomic mass is 9.93. The Labute approximate surface area is 166 Å². The molecule has 0 atom stereocenters. The van der Waals surface area contributed by atoms with Gasteiger partial charge >= 0.3 is 5.69 Å². The lowest BCUT2D eigenvalue weighted by Crippen LogP contribution is -2.29. The fourth-order valence-electron chi connectivity index (χ4n) is 3.94. The van der Waals surface area contributed by atoms with E-state index in [0.29, 0.717) is 12.0 Å². The van der Waals surface area contributed by atoms with Crippen LogP contribution in [0.25, 0.3) is 16.7 Å². The van der Waals surface area contributed by atoms with Crippen LogP contribution in [-0.2, 0) is 7.05 Å². The molecule has 9 heteroatoms. The molecule has 0 aliphatic heterocycles. The molecular formula is C20H23N7O2. The molecule has 29 heavy (non-hydrogen) atoms.